The van der Waals surface area contributed by atoms with Gasteiger partial charge in [-0.1, -0.05) is 11.8 Å². The number of carbonyl (C=O) groups is 1. The van der Waals surface area contributed by atoms with Gasteiger partial charge in [0.25, 0.3) is 0 Å². The lowest BCUT2D eigenvalue weighted by atomic mass is 10.4. The topological polar surface area (TPSA) is 104 Å². The molecule has 0 aromatic carbocycles. The SMILES string of the molecule is CCn1c(SCC(=O)Nc2cccnc2OCCOC)nnc1-c1ccco1. The number of thioether (sulfide) groups is 1. The van der Waals surface area contributed by atoms with Gasteiger partial charge in [-0.3, -0.25) is 9.36 Å². The number of amides is 1. The first-order valence-corrected chi connectivity index (χ1v) is 9.68. The highest BCUT2D eigenvalue weighted by atomic mass is 32.2. The molecule has 0 spiro atoms. The van der Waals surface area contributed by atoms with Crippen molar-refractivity contribution in [3.63, 3.8) is 0 Å². The molecule has 9 nitrogen and oxygen atoms in total. The second kappa shape index (κ2) is 9.90. The molecule has 0 aliphatic heterocycles. The third kappa shape index (κ3) is 4.90. The van der Waals surface area contributed by atoms with Crippen molar-refractivity contribution in [1.82, 2.24) is 19.7 Å². The summed E-state index contributed by atoms with van der Waals surface area (Å²) in [6.45, 7) is 3.43. The number of hydrogen-bond acceptors (Lipinski definition) is 8. The molecule has 0 aliphatic rings. The van der Waals surface area contributed by atoms with E-state index < -0.39 is 0 Å². The van der Waals surface area contributed by atoms with Crippen LogP contribution < -0.4 is 10.1 Å². The Hall–Kier alpha value is -2.85. The number of methoxy groups -OCH3 is 1. The minimum atomic E-state index is -0.195. The molecule has 1 N–H and O–H groups in total. The average Bonchev–Trinajstić information content (AvgIpc) is 3.37. The van der Waals surface area contributed by atoms with Crippen molar-refractivity contribution >= 4 is 23.4 Å². The molecule has 0 radical (unpaired) electrons. The van der Waals surface area contributed by atoms with Crippen molar-refractivity contribution in [2.75, 3.05) is 31.4 Å². The molecule has 148 valence electrons. The van der Waals surface area contributed by atoms with Crippen LogP contribution in [0.3, 0.4) is 0 Å². The summed E-state index contributed by atoms with van der Waals surface area (Å²) in [5.74, 6) is 1.60. The zero-order chi connectivity index (χ0) is 19.8. The van der Waals surface area contributed by atoms with Crippen molar-refractivity contribution in [3.8, 4) is 17.5 Å². The lowest BCUT2D eigenvalue weighted by molar-refractivity contribution is -0.113. The maximum Gasteiger partial charge on any atom is 0.237 e. The molecule has 0 saturated heterocycles. The number of furan rings is 1. The first kappa shape index (κ1) is 19.9. The fourth-order valence-corrected chi connectivity index (χ4v) is 3.21. The Kier molecular flexibility index (Phi) is 7.04. The van der Waals surface area contributed by atoms with Crippen molar-refractivity contribution in [2.24, 2.45) is 0 Å². The predicted molar refractivity (Wildman–Crippen MR) is 104 cm³/mol. The Morgan fingerprint density at radius 2 is 2.18 bits per heavy atom. The van der Waals surface area contributed by atoms with Gasteiger partial charge >= 0.3 is 0 Å². The van der Waals surface area contributed by atoms with Crippen LogP contribution in [-0.4, -0.2) is 51.7 Å². The Labute approximate surface area is 166 Å². The Balaban J connectivity index is 1.61. The van der Waals surface area contributed by atoms with Crippen LogP contribution in [0.1, 0.15) is 6.92 Å². The summed E-state index contributed by atoms with van der Waals surface area (Å²) in [6.07, 6.45) is 3.19. The fourth-order valence-electron chi connectivity index (χ4n) is 2.41. The minimum Gasteiger partial charge on any atom is -0.474 e. The maximum absolute atomic E-state index is 12.4. The summed E-state index contributed by atoms with van der Waals surface area (Å²) in [5.41, 5.74) is 0.512. The molecule has 0 fully saturated rings. The van der Waals surface area contributed by atoms with E-state index in [4.69, 9.17) is 13.9 Å². The van der Waals surface area contributed by atoms with Gasteiger partial charge in [0.1, 0.15) is 12.3 Å². The van der Waals surface area contributed by atoms with Gasteiger partial charge in [-0.15, -0.1) is 10.2 Å². The number of pyridine rings is 1. The molecular weight excluding hydrogens is 382 g/mol. The van der Waals surface area contributed by atoms with Crippen LogP contribution in [0.25, 0.3) is 11.6 Å². The predicted octanol–water partition coefficient (Wildman–Crippen LogP) is 2.71. The van der Waals surface area contributed by atoms with E-state index in [2.05, 4.69) is 20.5 Å². The van der Waals surface area contributed by atoms with E-state index in [-0.39, 0.29) is 11.7 Å². The third-order valence-electron chi connectivity index (χ3n) is 3.68. The van der Waals surface area contributed by atoms with E-state index in [1.807, 2.05) is 17.6 Å². The van der Waals surface area contributed by atoms with Gasteiger partial charge in [0.2, 0.25) is 11.8 Å². The summed E-state index contributed by atoms with van der Waals surface area (Å²) >= 11 is 1.30. The average molecular weight is 403 g/mol. The van der Waals surface area contributed by atoms with Gasteiger partial charge in [-0.25, -0.2) is 4.98 Å². The molecule has 1 amide bonds. The van der Waals surface area contributed by atoms with Crippen LogP contribution in [0, 0.1) is 0 Å². The molecule has 3 aromatic rings. The zero-order valence-corrected chi connectivity index (χ0v) is 16.4. The number of nitrogens with one attached hydrogen (secondary N) is 1. The molecule has 0 saturated carbocycles. The second-order valence-corrected chi connectivity index (χ2v) is 6.50. The summed E-state index contributed by atoms with van der Waals surface area (Å²) in [6, 6.07) is 7.09. The lowest BCUT2D eigenvalue weighted by Crippen LogP contribution is -2.16. The van der Waals surface area contributed by atoms with Crippen molar-refractivity contribution < 1.29 is 18.7 Å². The minimum absolute atomic E-state index is 0.169. The summed E-state index contributed by atoms with van der Waals surface area (Å²) in [5, 5.41) is 11.8. The van der Waals surface area contributed by atoms with E-state index in [1.165, 1.54) is 11.8 Å². The fraction of sp³-hybridized carbons (Fsp3) is 0.333. The normalized spacial score (nSPS) is 10.8. The zero-order valence-electron chi connectivity index (χ0n) is 15.6. The van der Waals surface area contributed by atoms with Gasteiger partial charge in [0, 0.05) is 19.9 Å². The molecule has 0 bridgehead atoms. The number of nitrogens with zero attached hydrogens (tertiary/aromatic N) is 4. The number of anilines is 1. The van der Waals surface area contributed by atoms with E-state index >= 15 is 0 Å². The first-order chi connectivity index (χ1) is 13.7. The Bertz CT molecular complexity index is 897. The van der Waals surface area contributed by atoms with Gasteiger partial charge in [0.05, 0.1) is 18.6 Å². The molecule has 10 heteroatoms. The quantitative estimate of drug-likeness (QED) is 0.407. The van der Waals surface area contributed by atoms with Crippen LogP contribution in [0.2, 0.25) is 0 Å². The van der Waals surface area contributed by atoms with E-state index in [0.29, 0.717) is 48.1 Å². The van der Waals surface area contributed by atoms with Crippen LogP contribution in [0.4, 0.5) is 5.69 Å². The molecule has 3 heterocycles. The molecule has 28 heavy (non-hydrogen) atoms. The Morgan fingerprint density at radius 1 is 1.29 bits per heavy atom. The molecule has 0 atom stereocenters. The van der Waals surface area contributed by atoms with Crippen LogP contribution in [0.5, 0.6) is 5.88 Å². The first-order valence-electron chi connectivity index (χ1n) is 8.69. The summed E-state index contributed by atoms with van der Waals surface area (Å²) in [7, 11) is 1.59. The van der Waals surface area contributed by atoms with Gasteiger partial charge in [-0.2, -0.15) is 0 Å². The number of hydrogen-bond donors (Lipinski definition) is 1. The summed E-state index contributed by atoms with van der Waals surface area (Å²) < 4.78 is 17.8. The standard InChI is InChI=1S/C18H21N5O4S/c1-3-23-16(14-7-5-9-26-14)21-22-18(23)28-12-15(24)20-13-6-4-8-19-17(13)27-11-10-25-2/h4-9H,3,10-12H2,1-2H3,(H,20,24). The molecule has 3 aromatic heterocycles. The van der Waals surface area contributed by atoms with E-state index in [1.54, 1.807) is 37.8 Å². The number of aromatic nitrogens is 4. The number of ether oxygens (including phenoxy) is 2. The van der Waals surface area contributed by atoms with E-state index in [9.17, 15) is 4.79 Å². The molecular formula is C18H21N5O4S. The summed E-state index contributed by atoms with van der Waals surface area (Å²) in [4.78, 5) is 16.5. The second-order valence-electron chi connectivity index (χ2n) is 5.56. The molecule has 0 aliphatic carbocycles. The number of carbonyl (C=O) groups excluding carboxylic acids is 1. The largest absolute Gasteiger partial charge is 0.474 e. The number of rotatable bonds is 10. The molecule has 3 rings (SSSR count). The van der Waals surface area contributed by atoms with Crippen molar-refractivity contribution in [3.05, 3.63) is 36.7 Å². The van der Waals surface area contributed by atoms with Gasteiger partial charge < -0.3 is 19.2 Å². The van der Waals surface area contributed by atoms with Gasteiger partial charge in [-0.05, 0) is 31.2 Å². The van der Waals surface area contributed by atoms with Gasteiger partial charge in [0.15, 0.2) is 16.7 Å². The lowest BCUT2D eigenvalue weighted by Gasteiger charge is -2.11. The molecule has 0 unspecified atom stereocenters. The smallest absolute Gasteiger partial charge is 0.237 e. The highest BCUT2D eigenvalue weighted by molar-refractivity contribution is 7.99. The van der Waals surface area contributed by atoms with Crippen LogP contribution in [-0.2, 0) is 16.1 Å². The Morgan fingerprint density at radius 3 is 2.93 bits per heavy atom. The maximum atomic E-state index is 12.4. The van der Waals surface area contributed by atoms with Crippen LogP contribution >= 0.6 is 11.8 Å². The van der Waals surface area contributed by atoms with Crippen LogP contribution in [0.15, 0.2) is 46.3 Å². The third-order valence-corrected chi connectivity index (χ3v) is 4.65. The highest BCUT2D eigenvalue weighted by Crippen LogP contribution is 2.25. The highest BCUT2D eigenvalue weighted by Gasteiger charge is 2.17. The monoisotopic (exact) mass is 403 g/mol. The van der Waals surface area contributed by atoms with Crippen molar-refractivity contribution in [1.29, 1.82) is 0 Å². The van der Waals surface area contributed by atoms with E-state index in [0.717, 1.165) is 0 Å². The van der Waals surface area contributed by atoms with Crippen molar-refractivity contribution in [2.45, 2.75) is 18.6 Å².